The molecule has 0 saturated carbocycles. The van der Waals surface area contributed by atoms with Gasteiger partial charge in [0.15, 0.2) is 0 Å². The molecule has 33 heavy (non-hydrogen) atoms. The summed E-state index contributed by atoms with van der Waals surface area (Å²) in [6.45, 7) is 3.83. The van der Waals surface area contributed by atoms with Gasteiger partial charge in [-0.25, -0.2) is 0 Å². The van der Waals surface area contributed by atoms with Crippen LogP contribution < -0.4 is 0 Å². The molecule has 0 radical (unpaired) electrons. The quantitative estimate of drug-likeness (QED) is 0.689. The number of ether oxygens (including phenoxy) is 1. The van der Waals surface area contributed by atoms with Gasteiger partial charge in [-0.15, -0.1) is 5.10 Å². The molecule has 1 aromatic heterocycles. The predicted octanol–water partition coefficient (Wildman–Crippen LogP) is 1.77. The molecule has 1 aromatic carbocycles. The van der Waals surface area contributed by atoms with Crippen LogP contribution in [0.15, 0.2) is 30.5 Å². The molecule has 1 N–H and O–H groups in total. The number of nitrogens with zero attached hydrogens (tertiary/aromatic N) is 5. The maximum Gasteiger partial charge on any atom is 0.308 e. The SMILES string of the molecule is COC(=O)C1CCN(C(=O)[C@H]2CN3CC[C@H]2C[C@@H]3Cn2cc(-c3cccc(O)c3)nn2)CC1. The number of aromatic nitrogens is 3. The fourth-order valence-corrected chi connectivity index (χ4v) is 5.75. The zero-order valence-corrected chi connectivity index (χ0v) is 19.0. The third-order valence-electron chi connectivity index (χ3n) is 7.62. The maximum atomic E-state index is 13.3. The van der Waals surface area contributed by atoms with Crippen molar-refractivity contribution in [2.45, 2.75) is 38.3 Å². The molecule has 6 rings (SSSR count). The lowest BCUT2D eigenvalue weighted by atomic mass is 9.74. The predicted molar refractivity (Wildman–Crippen MR) is 120 cm³/mol. The van der Waals surface area contributed by atoms with E-state index >= 15 is 0 Å². The lowest BCUT2D eigenvalue weighted by Crippen LogP contribution is -2.59. The van der Waals surface area contributed by atoms with Gasteiger partial charge in [0.1, 0.15) is 11.4 Å². The Morgan fingerprint density at radius 1 is 1.18 bits per heavy atom. The molecule has 176 valence electrons. The Morgan fingerprint density at radius 3 is 2.70 bits per heavy atom. The van der Waals surface area contributed by atoms with Crippen LogP contribution in [-0.2, 0) is 20.9 Å². The van der Waals surface area contributed by atoms with E-state index in [9.17, 15) is 14.7 Å². The van der Waals surface area contributed by atoms with Crippen LogP contribution in [0.5, 0.6) is 5.75 Å². The molecule has 4 saturated heterocycles. The summed E-state index contributed by atoms with van der Waals surface area (Å²) in [5.74, 6) is 0.653. The molecule has 4 fully saturated rings. The van der Waals surface area contributed by atoms with E-state index in [1.807, 2.05) is 21.8 Å². The number of likely N-dealkylation sites (tertiary alicyclic amines) is 1. The maximum absolute atomic E-state index is 13.3. The highest BCUT2D eigenvalue weighted by Gasteiger charge is 2.45. The van der Waals surface area contributed by atoms with E-state index in [2.05, 4.69) is 15.2 Å². The van der Waals surface area contributed by atoms with Gasteiger partial charge in [0, 0.05) is 31.2 Å². The highest BCUT2D eigenvalue weighted by atomic mass is 16.5. The standard InChI is InChI=1S/C24H31N5O4/c1-33-24(32)16-5-8-27(9-6-16)23(31)21-14-28-10-7-17(21)11-19(28)13-29-15-22(25-26-29)18-3-2-4-20(30)12-18/h2-4,12,15-17,19,21,30H,5-11,13-14H2,1H3/t17-,19+,21-/m0/s1. The summed E-state index contributed by atoms with van der Waals surface area (Å²) in [7, 11) is 1.43. The van der Waals surface area contributed by atoms with E-state index in [4.69, 9.17) is 4.74 Å². The number of phenolic OH excluding ortho intramolecular Hbond substituents is 1. The van der Waals surface area contributed by atoms with Crippen molar-refractivity contribution in [2.75, 3.05) is 33.3 Å². The first-order valence-corrected chi connectivity index (χ1v) is 11.8. The van der Waals surface area contributed by atoms with Crippen LogP contribution in [0.2, 0.25) is 0 Å². The van der Waals surface area contributed by atoms with Gasteiger partial charge in [-0.3, -0.25) is 19.2 Å². The summed E-state index contributed by atoms with van der Waals surface area (Å²) in [5.41, 5.74) is 1.58. The monoisotopic (exact) mass is 453 g/mol. The zero-order valence-electron chi connectivity index (χ0n) is 19.0. The molecule has 9 heteroatoms. The zero-order chi connectivity index (χ0) is 22.9. The number of carbonyl (C=O) groups excluding carboxylic acids is 2. The lowest BCUT2D eigenvalue weighted by Gasteiger charge is -2.50. The second-order valence-corrected chi connectivity index (χ2v) is 9.54. The van der Waals surface area contributed by atoms with Gasteiger partial charge in [0.2, 0.25) is 5.91 Å². The minimum Gasteiger partial charge on any atom is -0.508 e. The third kappa shape index (κ3) is 4.46. The van der Waals surface area contributed by atoms with Crippen molar-refractivity contribution in [1.82, 2.24) is 24.8 Å². The van der Waals surface area contributed by atoms with E-state index in [0.717, 1.165) is 43.7 Å². The number of aromatic hydroxyl groups is 1. The number of phenols is 1. The van der Waals surface area contributed by atoms with Crippen molar-refractivity contribution in [2.24, 2.45) is 17.8 Å². The van der Waals surface area contributed by atoms with E-state index in [1.54, 1.807) is 18.2 Å². The molecule has 2 bridgehead atoms. The highest BCUT2D eigenvalue weighted by Crippen LogP contribution is 2.38. The molecule has 4 aliphatic rings. The first-order valence-electron chi connectivity index (χ1n) is 11.8. The van der Waals surface area contributed by atoms with Crippen LogP contribution in [0.25, 0.3) is 11.3 Å². The Kier molecular flexibility index (Phi) is 6.05. The number of piperidine rings is 4. The fourth-order valence-electron chi connectivity index (χ4n) is 5.75. The molecule has 4 atom stereocenters. The third-order valence-corrected chi connectivity index (χ3v) is 7.62. The van der Waals surface area contributed by atoms with Crippen LogP contribution in [0.1, 0.15) is 25.7 Å². The van der Waals surface area contributed by atoms with E-state index < -0.39 is 0 Å². The number of benzene rings is 1. The lowest BCUT2D eigenvalue weighted by molar-refractivity contribution is -0.152. The average Bonchev–Trinajstić information content (AvgIpc) is 3.32. The van der Waals surface area contributed by atoms with Crippen molar-refractivity contribution in [3.63, 3.8) is 0 Å². The summed E-state index contributed by atoms with van der Waals surface area (Å²) in [4.78, 5) is 29.4. The summed E-state index contributed by atoms with van der Waals surface area (Å²) < 4.78 is 6.74. The van der Waals surface area contributed by atoms with Crippen molar-refractivity contribution in [3.8, 4) is 17.0 Å². The largest absolute Gasteiger partial charge is 0.508 e. The van der Waals surface area contributed by atoms with Crippen molar-refractivity contribution < 1.29 is 19.4 Å². The molecule has 9 nitrogen and oxygen atoms in total. The minimum atomic E-state index is -0.159. The first-order chi connectivity index (χ1) is 16.0. The van der Waals surface area contributed by atoms with Crippen LogP contribution in [0.3, 0.4) is 0 Å². The number of hydrogen-bond acceptors (Lipinski definition) is 7. The number of fused-ring (bicyclic) bond motifs is 3. The molecular weight excluding hydrogens is 422 g/mol. The van der Waals surface area contributed by atoms with Gasteiger partial charge >= 0.3 is 5.97 Å². The van der Waals surface area contributed by atoms with Crippen LogP contribution >= 0.6 is 0 Å². The van der Waals surface area contributed by atoms with Crippen molar-refractivity contribution >= 4 is 11.9 Å². The van der Waals surface area contributed by atoms with Gasteiger partial charge < -0.3 is 14.7 Å². The first kappa shape index (κ1) is 21.9. The fraction of sp³-hybridized carbons (Fsp3) is 0.583. The summed E-state index contributed by atoms with van der Waals surface area (Å²) in [6, 6.07) is 7.37. The van der Waals surface area contributed by atoms with Crippen molar-refractivity contribution in [3.05, 3.63) is 30.5 Å². The highest BCUT2D eigenvalue weighted by molar-refractivity contribution is 5.80. The second kappa shape index (κ2) is 9.13. The van der Waals surface area contributed by atoms with E-state index in [0.29, 0.717) is 37.9 Å². The average molecular weight is 454 g/mol. The smallest absolute Gasteiger partial charge is 0.308 e. The summed E-state index contributed by atoms with van der Waals surface area (Å²) in [6.07, 6.45) is 5.34. The van der Waals surface area contributed by atoms with Crippen LogP contribution in [0.4, 0.5) is 0 Å². The Hall–Kier alpha value is -2.94. The van der Waals surface area contributed by atoms with Gasteiger partial charge in [0.05, 0.1) is 31.7 Å². The van der Waals surface area contributed by atoms with Gasteiger partial charge in [0.25, 0.3) is 0 Å². The second-order valence-electron chi connectivity index (χ2n) is 9.54. The molecule has 5 heterocycles. The molecule has 1 amide bonds. The summed E-state index contributed by atoms with van der Waals surface area (Å²) >= 11 is 0. The van der Waals surface area contributed by atoms with E-state index in [1.165, 1.54) is 7.11 Å². The number of rotatable bonds is 5. The number of hydrogen-bond donors (Lipinski definition) is 1. The van der Waals surface area contributed by atoms with Gasteiger partial charge in [-0.1, -0.05) is 17.3 Å². The number of methoxy groups -OCH3 is 1. The van der Waals surface area contributed by atoms with Gasteiger partial charge in [-0.2, -0.15) is 0 Å². The topological polar surface area (TPSA) is 101 Å². The molecule has 0 spiro atoms. The minimum absolute atomic E-state index is 0.0447. The molecule has 0 aliphatic carbocycles. The molecule has 4 aliphatic heterocycles. The van der Waals surface area contributed by atoms with E-state index in [-0.39, 0.29) is 29.5 Å². The van der Waals surface area contributed by atoms with Crippen LogP contribution in [0, 0.1) is 17.8 Å². The summed E-state index contributed by atoms with van der Waals surface area (Å²) in [5, 5.41) is 18.3. The molecule has 1 unspecified atom stereocenters. The Bertz CT molecular complexity index is 1020. The van der Waals surface area contributed by atoms with Crippen LogP contribution in [-0.4, -0.2) is 81.1 Å². The van der Waals surface area contributed by atoms with Gasteiger partial charge in [-0.05, 0) is 50.3 Å². The normalized spacial score (nSPS) is 27.5. The number of amides is 1. The molecule has 2 aromatic rings. The Morgan fingerprint density at radius 2 is 2.00 bits per heavy atom. The number of carbonyl (C=O) groups is 2. The van der Waals surface area contributed by atoms with Crippen molar-refractivity contribution in [1.29, 1.82) is 0 Å². The number of esters is 1. The Balaban J connectivity index is 1.18. The Labute approximate surface area is 193 Å². The molecular formula is C24H31N5O4.